The van der Waals surface area contributed by atoms with Crippen LogP contribution in [0.2, 0.25) is 0 Å². The van der Waals surface area contributed by atoms with Gasteiger partial charge in [0.2, 0.25) is 5.91 Å². The Balaban J connectivity index is 2.51. The van der Waals surface area contributed by atoms with Gasteiger partial charge in [-0.2, -0.15) is 5.10 Å². The number of carbonyl (C=O) groups is 1. The molecule has 1 aromatic rings. The van der Waals surface area contributed by atoms with E-state index in [2.05, 4.69) is 17.5 Å². The number of methoxy groups -OCH3 is 3. The van der Waals surface area contributed by atoms with Crippen LogP contribution < -0.4 is 19.6 Å². The fourth-order valence-corrected chi connectivity index (χ4v) is 2.45. The number of carbonyl (C=O) groups excluding carboxylic acids is 1. The average Bonchev–Trinajstić information content (AvgIpc) is 2.64. The summed E-state index contributed by atoms with van der Waals surface area (Å²) < 4.78 is 15.8. The predicted molar refractivity (Wildman–Crippen MR) is 99.8 cm³/mol. The number of rotatable bonds is 12. The Morgan fingerprint density at radius 3 is 2.20 bits per heavy atom. The standard InChI is InChI=1S/C19H30N2O4/c1-5-6-7-8-9-10-11-19(22)21-20-14-15-12-17(24-3)18(25-4)13-16(15)23-2/h12-14H,5-11H2,1-4H3,(H,21,22)/b20-14+. The summed E-state index contributed by atoms with van der Waals surface area (Å²) in [7, 11) is 4.69. The molecular formula is C19H30N2O4. The zero-order valence-corrected chi connectivity index (χ0v) is 15.8. The summed E-state index contributed by atoms with van der Waals surface area (Å²) in [6.45, 7) is 2.19. The SMILES string of the molecule is CCCCCCCCC(=O)N/N=C/c1cc(OC)c(OC)cc1OC. The smallest absolute Gasteiger partial charge is 0.240 e. The Morgan fingerprint density at radius 1 is 0.960 bits per heavy atom. The Labute approximate surface area is 150 Å². The lowest BCUT2D eigenvalue weighted by Crippen LogP contribution is -2.17. The fraction of sp³-hybridized carbons (Fsp3) is 0.579. The van der Waals surface area contributed by atoms with Gasteiger partial charge in [-0.25, -0.2) is 5.43 Å². The molecule has 140 valence electrons. The van der Waals surface area contributed by atoms with Crippen molar-refractivity contribution in [2.24, 2.45) is 5.10 Å². The first kappa shape index (κ1) is 20.8. The van der Waals surface area contributed by atoms with Gasteiger partial charge in [0, 0.05) is 18.1 Å². The highest BCUT2D eigenvalue weighted by Gasteiger charge is 2.10. The third kappa shape index (κ3) is 7.45. The molecule has 0 atom stereocenters. The molecule has 6 heteroatoms. The number of nitrogens with zero attached hydrogens (tertiary/aromatic N) is 1. The number of ether oxygens (including phenoxy) is 3. The molecule has 0 aliphatic rings. The van der Waals surface area contributed by atoms with Gasteiger partial charge in [-0.3, -0.25) is 4.79 Å². The summed E-state index contributed by atoms with van der Waals surface area (Å²) in [6, 6.07) is 3.47. The van der Waals surface area contributed by atoms with Crippen LogP contribution in [0.1, 0.15) is 57.4 Å². The first-order valence-corrected chi connectivity index (χ1v) is 8.78. The molecule has 1 aromatic carbocycles. The normalized spacial score (nSPS) is 10.7. The number of amides is 1. The first-order chi connectivity index (χ1) is 12.2. The zero-order chi connectivity index (χ0) is 18.5. The average molecular weight is 350 g/mol. The van der Waals surface area contributed by atoms with Crippen molar-refractivity contribution in [1.29, 1.82) is 0 Å². The monoisotopic (exact) mass is 350 g/mol. The van der Waals surface area contributed by atoms with E-state index in [1.807, 2.05) is 0 Å². The van der Waals surface area contributed by atoms with Gasteiger partial charge < -0.3 is 14.2 Å². The summed E-state index contributed by atoms with van der Waals surface area (Å²) in [5.41, 5.74) is 3.25. The molecule has 0 saturated carbocycles. The summed E-state index contributed by atoms with van der Waals surface area (Å²) in [5.74, 6) is 1.66. The Hall–Kier alpha value is -2.24. The first-order valence-electron chi connectivity index (χ1n) is 8.78. The minimum atomic E-state index is -0.0776. The van der Waals surface area contributed by atoms with Crippen molar-refractivity contribution in [3.8, 4) is 17.2 Å². The van der Waals surface area contributed by atoms with Gasteiger partial charge in [-0.1, -0.05) is 39.0 Å². The van der Waals surface area contributed by atoms with E-state index >= 15 is 0 Å². The highest BCUT2D eigenvalue weighted by molar-refractivity contribution is 5.86. The maximum Gasteiger partial charge on any atom is 0.240 e. The van der Waals surface area contributed by atoms with Crippen molar-refractivity contribution in [3.05, 3.63) is 17.7 Å². The molecule has 0 bridgehead atoms. The van der Waals surface area contributed by atoms with Crippen LogP contribution in [0.3, 0.4) is 0 Å². The number of hydrazone groups is 1. The molecular weight excluding hydrogens is 320 g/mol. The molecule has 0 fully saturated rings. The molecule has 0 unspecified atom stereocenters. The minimum Gasteiger partial charge on any atom is -0.496 e. The van der Waals surface area contributed by atoms with Crippen molar-refractivity contribution < 1.29 is 19.0 Å². The zero-order valence-electron chi connectivity index (χ0n) is 15.8. The van der Waals surface area contributed by atoms with Crippen molar-refractivity contribution in [2.75, 3.05) is 21.3 Å². The number of nitrogens with one attached hydrogen (secondary N) is 1. The van der Waals surface area contributed by atoms with Crippen LogP contribution in [0.4, 0.5) is 0 Å². The molecule has 0 heterocycles. The van der Waals surface area contributed by atoms with E-state index in [1.54, 1.807) is 39.7 Å². The van der Waals surface area contributed by atoms with Crippen LogP contribution in [0.25, 0.3) is 0 Å². The summed E-state index contributed by atoms with van der Waals surface area (Å²) >= 11 is 0. The van der Waals surface area contributed by atoms with Crippen LogP contribution in [-0.2, 0) is 4.79 Å². The van der Waals surface area contributed by atoms with E-state index in [1.165, 1.54) is 25.7 Å². The van der Waals surface area contributed by atoms with Crippen LogP contribution in [0.15, 0.2) is 17.2 Å². The molecule has 0 aliphatic carbocycles. The van der Waals surface area contributed by atoms with Crippen LogP contribution in [-0.4, -0.2) is 33.5 Å². The maximum absolute atomic E-state index is 11.8. The Bertz CT molecular complexity index is 559. The summed E-state index contributed by atoms with van der Waals surface area (Å²) in [6.07, 6.45) is 8.94. The highest BCUT2D eigenvalue weighted by atomic mass is 16.5. The quantitative estimate of drug-likeness (QED) is 0.352. The second kappa shape index (κ2) is 12.2. The van der Waals surface area contributed by atoms with Gasteiger partial charge in [0.25, 0.3) is 0 Å². The minimum absolute atomic E-state index is 0.0776. The van der Waals surface area contributed by atoms with Gasteiger partial charge in [-0.05, 0) is 12.5 Å². The van der Waals surface area contributed by atoms with E-state index < -0.39 is 0 Å². The number of hydrogen-bond acceptors (Lipinski definition) is 5. The van der Waals surface area contributed by atoms with Gasteiger partial charge in [-0.15, -0.1) is 0 Å². The second-order valence-corrected chi connectivity index (χ2v) is 5.76. The molecule has 0 aliphatic heterocycles. The van der Waals surface area contributed by atoms with Crippen molar-refractivity contribution in [3.63, 3.8) is 0 Å². The lowest BCUT2D eigenvalue weighted by Gasteiger charge is -2.11. The lowest BCUT2D eigenvalue weighted by molar-refractivity contribution is -0.121. The number of hydrogen-bond donors (Lipinski definition) is 1. The third-order valence-electron chi connectivity index (χ3n) is 3.89. The molecule has 1 rings (SSSR count). The van der Waals surface area contributed by atoms with Crippen molar-refractivity contribution in [2.45, 2.75) is 51.9 Å². The van der Waals surface area contributed by atoms with E-state index in [0.717, 1.165) is 12.8 Å². The molecule has 0 aromatic heterocycles. The van der Waals surface area contributed by atoms with Gasteiger partial charge in [0.15, 0.2) is 11.5 Å². The van der Waals surface area contributed by atoms with Crippen LogP contribution >= 0.6 is 0 Å². The second-order valence-electron chi connectivity index (χ2n) is 5.76. The van der Waals surface area contributed by atoms with Crippen LogP contribution in [0, 0.1) is 0 Å². The van der Waals surface area contributed by atoms with E-state index in [-0.39, 0.29) is 5.91 Å². The number of unbranched alkanes of at least 4 members (excludes halogenated alkanes) is 5. The van der Waals surface area contributed by atoms with Crippen molar-refractivity contribution in [1.82, 2.24) is 5.43 Å². The van der Waals surface area contributed by atoms with E-state index in [0.29, 0.717) is 29.2 Å². The molecule has 6 nitrogen and oxygen atoms in total. The fourth-order valence-electron chi connectivity index (χ4n) is 2.45. The maximum atomic E-state index is 11.8. The predicted octanol–water partition coefficient (Wildman–Crippen LogP) is 3.91. The summed E-state index contributed by atoms with van der Waals surface area (Å²) in [5, 5.41) is 4.01. The molecule has 0 radical (unpaired) electrons. The van der Waals surface area contributed by atoms with Gasteiger partial charge in [0.1, 0.15) is 5.75 Å². The van der Waals surface area contributed by atoms with Crippen molar-refractivity contribution >= 4 is 12.1 Å². The van der Waals surface area contributed by atoms with Gasteiger partial charge >= 0.3 is 0 Å². The number of benzene rings is 1. The Morgan fingerprint density at radius 2 is 1.56 bits per heavy atom. The summed E-state index contributed by atoms with van der Waals surface area (Å²) in [4.78, 5) is 11.8. The molecule has 0 spiro atoms. The highest BCUT2D eigenvalue weighted by Crippen LogP contribution is 2.33. The lowest BCUT2D eigenvalue weighted by atomic mass is 10.1. The van der Waals surface area contributed by atoms with E-state index in [4.69, 9.17) is 14.2 Å². The molecule has 1 N–H and O–H groups in total. The topological polar surface area (TPSA) is 69.2 Å². The third-order valence-corrected chi connectivity index (χ3v) is 3.89. The van der Waals surface area contributed by atoms with E-state index in [9.17, 15) is 4.79 Å². The molecule has 0 saturated heterocycles. The Kier molecular flexibility index (Phi) is 10.1. The molecule has 25 heavy (non-hydrogen) atoms. The molecule has 1 amide bonds. The largest absolute Gasteiger partial charge is 0.496 e. The van der Waals surface area contributed by atoms with Crippen LogP contribution in [0.5, 0.6) is 17.2 Å². The van der Waals surface area contributed by atoms with Gasteiger partial charge in [0.05, 0.1) is 27.5 Å².